The minimum Gasteiger partial charge on any atom is -0.547 e. The molecule has 0 saturated heterocycles. The van der Waals surface area contributed by atoms with E-state index in [-0.39, 0.29) is 137 Å². The Hall–Kier alpha value is -5.48. The Morgan fingerprint density at radius 3 is 1.10 bits per heavy atom. The number of aliphatic carboxylic acids is 2. The van der Waals surface area contributed by atoms with Crippen LogP contribution in [0.5, 0.6) is 46.0 Å². The van der Waals surface area contributed by atoms with Crippen molar-refractivity contribution in [2.75, 3.05) is 0 Å². The number of phenols is 8. The van der Waals surface area contributed by atoms with Gasteiger partial charge in [0.15, 0.2) is 23.0 Å². The summed E-state index contributed by atoms with van der Waals surface area (Å²) in [4.78, 5) is 32.9. The number of hydrogen-bond acceptors (Lipinski definition) is 14. The number of fused-ring (bicyclic) bond motifs is 2. The monoisotopic (exact) mass is 860 g/mol. The first kappa shape index (κ1) is 49.2. The van der Waals surface area contributed by atoms with Crippen molar-refractivity contribution in [1.82, 2.24) is 0 Å². The topological polar surface area (TPSA) is 267 Å². The van der Waals surface area contributed by atoms with Crippen molar-refractivity contribution < 1.29 is 120 Å². The molecule has 0 spiro atoms. The Kier molecular flexibility index (Phi) is 15.3. The number of hydrogen-bond donors (Lipinski definition) is 8. The van der Waals surface area contributed by atoms with Gasteiger partial charge in [-0.2, -0.15) is 0 Å². The molecule has 8 N–H and O–H groups in total. The molecule has 0 fully saturated rings. The number of carboxylic acids is 2. The third kappa shape index (κ3) is 8.89. The van der Waals surface area contributed by atoms with E-state index in [1.165, 1.54) is 48.5 Å². The maximum atomic E-state index is 12.4. The van der Waals surface area contributed by atoms with Gasteiger partial charge >= 0.3 is 59.1 Å². The number of aromatic hydroxyl groups is 8. The summed E-state index contributed by atoms with van der Waals surface area (Å²) in [5.41, 5.74) is 0.998. The number of benzene rings is 6. The van der Waals surface area contributed by atoms with E-state index in [0.717, 1.165) is 12.4 Å². The largest absolute Gasteiger partial charge is 1.00 e. The van der Waals surface area contributed by atoms with Crippen molar-refractivity contribution in [1.29, 1.82) is 0 Å². The van der Waals surface area contributed by atoms with Gasteiger partial charge < -0.3 is 60.7 Å². The van der Waals surface area contributed by atoms with Crippen LogP contribution in [0.3, 0.4) is 0 Å². The molecule has 0 bridgehead atoms. The average Bonchev–Trinajstić information content (AvgIpc) is 3.16. The van der Waals surface area contributed by atoms with Crippen molar-refractivity contribution in [3.8, 4) is 57.1 Å². The van der Waals surface area contributed by atoms with Gasteiger partial charge in [-0.05, 0) is 83.0 Å². The van der Waals surface area contributed by atoms with Crippen LogP contribution in [0.25, 0.3) is 32.7 Å². The Morgan fingerprint density at radius 2 is 0.823 bits per heavy atom. The average molecular weight is 861 g/mol. The second kappa shape index (κ2) is 19.3. The molecule has 0 radical (unpaired) electrons. The Labute approximate surface area is 400 Å². The predicted molar refractivity (Wildman–Crippen MR) is 221 cm³/mol. The van der Waals surface area contributed by atoms with E-state index in [4.69, 9.17) is 0 Å². The number of carboxylic acid groups (broad SMARTS) is 2. The van der Waals surface area contributed by atoms with Crippen LogP contribution in [-0.2, 0) is 9.59 Å². The van der Waals surface area contributed by atoms with E-state index < -0.39 is 70.4 Å². The first-order valence-electron chi connectivity index (χ1n) is 18.8. The molecule has 310 valence electrons. The standard InChI is InChI=1S/C46H44N2O12.2Na/c1-19(2)31-27-15-21(5)33(41(53)35(27)29(39(51)43(31)55)17-47-37(45(57)58)23-7-11-25(49)12-8-23)34-22(6)16-28-32(20(3)4)44(56)40(52)30(36(28)42(34)54)18-48-38(46(59)60)24-9-13-26(50)14-10-24;;/h7-20,37-38,49-56H,1-6H3,(H,57,58)(H,59,60);;/q;2*+1/p-2. The number of carbonyl (C=O) groups is 2. The molecule has 0 aliphatic heterocycles. The van der Waals surface area contributed by atoms with Crippen molar-refractivity contribution >= 4 is 45.9 Å². The molecular weight excluding hydrogens is 818 g/mol. The summed E-state index contributed by atoms with van der Waals surface area (Å²) in [5, 5.41) is 115. The van der Waals surface area contributed by atoms with E-state index in [0.29, 0.717) is 11.1 Å². The maximum absolute atomic E-state index is 12.4. The molecule has 0 aliphatic rings. The smallest absolute Gasteiger partial charge is 0.547 e. The Balaban J connectivity index is 0.00000422. The molecule has 0 aromatic heterocycles. The molecular formula is C46H42N2Na2O12. The minimum atomic E-state index is -1.64. The zero-order chi connectivity index (χ0) is 44.1. The molecule has 62 heavy (non-hydrogen) atoms. The molecule has 0 saturated carbocycles. The number of phenolic OH excluding ortho intramolecular Hbond substituents is 8. The van der Waals surface area contributed by atoms with Crippen LogP contribution in [0.15, 0.2) is 70.6 Å². The summed E-state index contributed by atoms with van der Waals surface area (Å²) >= 11 is 0. The Bertz CT molecular complexity index is 2590. The second-order valence-corrected chi connectivity index (χ2v) is 15.2. The van der Waals surface area contributed by atoms with Crippen LogP contribution in [-0.4, -0.2) is 65.2 Å². The molecule has 6 rings (SSSR count). The quantitative estimate of drug-likeness (QED) is 0.0486. The van der Waals surface area contributed by atoms with E-state index in [9.17, 15) is 60.7 Å². The normalized spacial score (nSPS) is 12.6. The van der Waals surface area contributed by atoms with Gasteiger partial charge in [0.2, 0.25) is 0 Å². The van der Waals surface area contributed by atoms with Crippen LogP contribution in [0.4, 0.5) is 0 Å². The number of aliphatic imine (C=N–C) groups is 2. The van der Waals surface area contributed by atoms with E-state index in [2.05, 4.69) is 9.98 Å². The third-order valence-corrected chi connectivity index (χ3v) is 10.6. The molecule has 14 nitrogen and oxygen atoms in total. The molecule has 0 heterocycles. The molecule has 2 atom stereocenters. The number of rotatable bonds is 11. The van der Waals surface area contributed by atoms with Gasteiger partial charge in [-0.25, -0.2) is 0 Å². The molecule has 6 aromatic carbocycles. The summed E-state index contributed by atoms with van der Waals surface area (Å²) in [6.45, 7) is 10.3. The van der Waals surface area contributed by atoms with E-state index in [1.54, 1.807) is 53.7 Å². The van der Waals surface area contributed by atoms with Gasteiger partial charge in [-0.3, -0.25) is 9.98 Å². The molecule has 6 aromatic rings. The van der Waals surface area contributed by atoms with Crippen molar-refractivity contribution in [3.63, 3.8) is 0 Å². The summed E-state index contributed by atoms with van der Waals surface area (Å²) in [6.07, 6.45) is 1.96. The predicted octanol–water partition coefficient (Wildman–Crippen LogP) is -0.00336. The van der Waals surface area contributed by atoms with Gasteiger partial charge in [0.25, 0.3) is 0 Å². The summed E-state index contributed by atoms with van der Waals surface area (Å²) in [6, 6.07) is 10.3. The summed E-state index contributed by atoms with van der Waals surface area (Å²) in [7, 11) is 0. The van der Waals surface area contributed by atoms with Crippen molar-refractivity contribution in [3.05, 3.63) is 105 Å². The van der Waals surface area contributed by atoms with Crippen LogP contribution in [0, 0.1) is 13.8 Å². The van der Waals surface area contributed by atoms with Crippen molar-refractivity contribution in [2.45, 2.75) is 65.5 Å². The fourth-order valence-electron chi connectivity index (χ4n) is 7.80. The second-order valence-electron chi connectivity index (χ2n) is 15.2. The van der Waals surface area contributed by atoms with Crippen LogP contribution in [0.1, 0.15) is 96.1 Å². The van der Waals surface area contributed by atoms with Gasteiger partial charge in [0.05, 0.1) is 11.9 Å². The number of aryl methyl sites for hydroxylation is 2. The SMILES string of the molecule is Cc1cc2c(C(C)C)c(O)c(O)c(C=NC(C(=O)[O-])c3ccc(O)cc3)c2c(O)c1-c1c(C)cc2c(C(C)C)c(O)c(O)c(C=NC(C(=O)[O-])c3ccc(O)cc3)c2c1O.[Na+].[Na+]. The number of nitrogens with zero attached hydrogens (tertiary/aromatic N) is 2. The first-order chi connectivity index (χ1) is 28.3. The van der Waals surface area contributed by atoms with Gasteiger partial charge in [0, 0.05) is 56.6 Å². The number of carbonyl (C=O) groups excluding carboxylic acids is 2. The van der Waals surface area contributed by atoms with Crippen LogP contribution in [0.2, 0.25) is 0 Å². The maximum Gasteiger partial charge on any atom is 1.00 e. The minimum absolute atomic E-state index is 0. The van der Waals surface area contributed by atoms with Gasteiger partial charge in [-0.1, -0.05) is 64.1 Å². The zero-order valence-corrected chi connectivity index (χ0v) is 39.3. The summed E-state index contributed by atoms with van der Waals surface area (Å²) in [5.74, 6) is -7.87. The first-order valence-corrected chi connectivity index (χ1v) is 18.8. The molecule has 0 amide bonds. The van der Waals surface area contributed by atoms with Crippen molar-refractivity contribution in [2.24, 2.45) is 9.98 Å². The fraction of sp³-hybridized carbons (Fsp3) is 0.217. The summed E-state index contributed by atoms with van der Waals surface area (Å²) < 4.78 is 0. The van der Waals surface area contributed by atoms with Crippen LogP contribution >= 0.6 is 0 Å². The van der Waals surface area contributed by atoms with Gasteiger partial charge in [0.1, 0.15) is 35.1 Å². The van der Waals surface area contributed by atoms with E-state index in [1.807, 2.05) is 0 Å². The molecule has 16 heteroatoms. The Morgan fingerprint density at radius 1 is 0.516 bits per heavy atom. The molecule has 0 aliphatic carbocycles. The fourth-order valence-corrected chi connectivity index (χ4v) is 7.80. The van der Waals surface area contributed by atoms with Gasteiger partial charge in [-0.15, -0.1) is 0 Å². The third-order valence-electron chi connectivity index (χ3n) is 10.6. The molecule has 2 unspecified atom stereocenters. The zero-order valence-electron chi connectivity index (χ0n) is 35.3. The van der Waals surface area contributed by atoms with Crippen LogP contribution < -0.4 is 69.3 Å². The van der Waals surface area contributed by atoms with E-state index >= 15 is 0 Å².